The van der Waals surface area contributed by atoms with Crippen LogP contribution >= 0.6 is 11.3 Å². The summed E-state index contributed by atoms with van der Waals surface area (Å²) in [7, 11) is -3.51. The van der Waals surface area contributed by atoms with E-state index in [1.165, 1.54) is 0 Å². The third-order valence-corrected chi connectivity index (χ3v) is 6.23. The van der Waals surface area contributed by atoms with Crippen molar-refractivity contribution in [2.75, 3.05) is 6.54 Å². The minimum atomic E-state index is -3.51. The molecule has 2 heterocycles. The Morgan fingerprint density at radius 3 is 2.57 bits per heavy atom. The first-order valence-corrected chi connectivity index (χ1v) is 9.72. The van der Waals surface area contributed by atoms with Crippen LogP contribution in [0.2, 0.25) is 0 Å². The summed E-state index contributed by atoms with van der Waals surface area (Å²) in [6, 6.07) is 3.79. The smallest absolute Gasteiger partial charge is 0.241 e. The van der Waals surface area contributed by atoms with Crippen molar-refractivity contribution in [3.8, 4) is 0 Å². The van der Waals surface area contributed by atoms with E-state index in [1.807, 2.05) is 55.1 Å². The van der Waals surface area contributed by atoms with Gasteiger partial charge < -0.3 is 0 Å². The Labute approximate surface area is 140 Å². The average Bonchev–Trinajstić information content (AvgIpc) is 2.97. The fourth-order valence-corrected chi connectivity index (χ4v) is 5.07. The van der Waals surface area contributed by atoms with Gasteiger partial charge in [0.2, 0.25) is 10.0 Å². The Bertz CT molecular complexity index is 903. The molecule has 7 heteroatoms. The van der Waals surface area contributed by atoms with Crippen molar-refractivity contribution in [3.63, 3.8) is 0 Å². The third-order valence-electron chi connectivity index (χ3n) is 3.69. The van der Waals surface area contributed by atoms with Crippen LogP contribution < -0.4 is 4.72 Å². The van der Waals surface area contributed by atoms with E-state index in [4.69, 9.17) is 0 Å². The van der Waals surface area contributed by atoms with E-state index in [-0.39, 0.29) is 0 Å². The highest BCUT2D eigenvalue weighted by Crippen LogP contribution is 2.21. The van der Waals surface area contributed by atoms with Gasteiger partial charge in [0.1, 0.15) is 0 Å². The molecule has 3 aromatic rings. The van der Waals surface area contributed by atoms with Crippen molar-refractivity contribution in [1.82, 2.24) is 14.1 Å². The number of aromatic nitrogens is 2. The second kappa shape index (κ2) is 6.07. The summed E-state index contributed by atoms with van der Waals surface area (Å²) >= 11 is 1.56. The lowest BCUT2D eigenvalue weighted by Crippen LogP contribution is -2.27. The summed E-state index contributed by atoms with van der Waals surface area (Å²) < 4.78 is 29.8. The number of aryl methyl sites for hydroxylation is 3. The molecule has 0 aliphatic rings. The van der Waals surface area contributed by atoms with Crippen LogP contribution in [0.3, 0.4) is 0 Å². The molecule has 5 nitrogen and oxygen atoms in total. The van der Waals surface area contributed by atoms with Crippen LogP contribution in [0.1, 0.15) is 22.4 Å². The fraction of sp³-hybridized carbons (Fsp3) is 0.312. The van der Waals surface area contributed by atoms with Gasteiger partial charge in [-0.1, -0.05) is 17.7 Å². The Morgan fingerprint density at radius 1 is 1.22 bits per heavy atom. The number of fused-ring (bicyclic) bond motifs is 1. The predicted molar refractivity (Wildman–Crippen MR) is 92.6 cm³/mol. The lowest BCUT2D eigenvalue weighted by Gasteiger charge is -2.12. The molecule has 0 saturated carbocycles. The number of hydrogen-bond donors (Lipinski definition) is 1. The van der Waals surface area contributed by atoms with Crippen LogP contribution in [0.4, 0.5) is 0 Å². The predicted octanol–water partition coefficient (Wildman–Crippen LogP) is 2.84. The topological polar surface area (TPSA) is 63.5 Å². The molecule has 0 fully saturated rings. The fourth-order valence-electron chi connectivity index (χ4n) is 2.87. The van der Waals surface area contributed by atoms with E-state index in [9.17, 15) is 8.42 Å². The summed E-state index contributed by atoms with van der Waals surface area (Å²) in [5.41, 5.74) is 3.50. The van der Waals surface area contributed by atoms with E-state index in [1.54, 1.807) is 11.3 Å². The van der Waals surface area contributed by atoms with Crippen LogP contribution in [0.25, 0.3) is 4.96 Å². The van der Waals surface area contributed by atoms with Crippen LogP contribution in [-0.4, -0.2) is 24.3 Å². The number of nitrogens with zero attached hydrogens (tertiary/aromatic N) is 2. The first-order valence-electron chi connectivity index (χ1n) is 7.35. The Morgan fingerprint density at radius 2 is 1.91 bits per heavy atom. The number of hydrogen-bond acceptors (Lipinski definition) is 4. The lowest BCUT2D eigenvalue weighted by atomic mass is 10.1. The standard InChI is InChI=1S/C16H19N3O2S2/c1-11-8-12(2)15(13(3)9-11)23(20,21)17-5-4-14-10-19-6-7-22-16(19)18-14/h6-10,17H,4-5H2,1-3H3. The molecule has 0 unspecified atom stereocenters. The molecule has 0 amide bonds. The van der Waals surface area contributed by atoms with Gasteiger partial charge in [-0.05, 0) is 31.9 Å². The first kappa shape index (κ1) is 16.2. The zero-order valence-electron chi connectivity index (χ0n) is 13.3. The highest BCUT2D eigenvalue weighted by Gasteiger charge is 2.19. The van der Waals surface area contributed by atoms with Crippen molar-refractivity contribution in [1.29, 1.82) is 0 Å². The molecule has 122 valence electrons. The molecular weight excluding hydrogens is 330 g/mol. The van der Waals surface area contributed by atoms with Gasteiger partial charge in [0.15, 0.2) is 4.96 Å². The first-order chi connectivity index (χ1) is 10.9. The Hall–Kier alpha value is -1.70. The van der Waals surface area contributed by atoms with Crippen molar-refractivity contribution in [2.24, 2.45) is 0 Å². The quantitative estimate of drug-likeness (QED) is 0.770. The molecule has 0 aliphatic carbocycles. The van der Waals surface area contributed by atoms with E-state index in [0.717, 1.165) is 27.3 Å². The van der Waals surface area contributed by atoms with E-state index in [2.05, 4.69) is 9.71 Å². The van der Waals surface area contributed by atoms with Gasteiger partial charge in [-0.3, -0.25) is 4.40 Å². The number of thiazole rings is 1. The van der Waals surface area contributed by atoms with Crippen LogP contribution in [0.5, 0.6) is 0 Å². The Balaban J connectivity index is 1.73. The molecular formula is C16H19N3O2S2. The number of benzene rings is 1. The summed E-state index contributed by atoms with van der Waals surface area (Å²) in [6.07, 6.45) is 4.44. The van der Waals surface area contributed by atoms with E-state index in [0.29, 0.717) is 17.9 Å². The number of rotatable bonds is 5. The Kier molecular flexibility index (Phi) is 4.27. The molecule has 2 aromatic heterocycles. The maximum Gasteiger partial charge on any atom is 0.241 e. The van der Waals surface area contributed by atoms with Gasteiger partial charge in [0.25, 0.3) is 0 Å². The second-order valence-corrected chi connectivity index (χ2v) is 8.28. The highest BCUT2D eigenvalue weighted by atomic mass is 32.2. The normalized spacial score (nSPS) is 12.1. The van der Waals surface area contributed by atoms with Gasteiger partial charge in [-0.15, -0.1) is 11.3 Å². The van der Waals surface area contributed by atoms with Gasteiger partial charge in [0, 0.05) is 30.7 Å². The van der Waals surface area contributed by atoms with Gasteiger partial charge in [-0.2, -0.15) is 0 Å². The number of imidazole rings is 1. The third kappa shape index (κ3) is 3.31. The van der Waals surface area contributed by atoms with Crippen LogP contribution in [0, 0.1) is 20.8 Å². The monoisotopic (exact) mass is 349 g/mol. The van der Waals surface area contributed by atoms with Crippen LogP contribution in [-0.2, 0) is 16.4 Å². The number of nitrogens with one attached hydrogen (secondary N) is 1. The largest absolute Gasteiger partial charge is 0.297 e. The molecule has 0 bridgehead atoms. The molecule has 3 rings (SSSR count). The van der Waals surface area contributed by atoms with Crippen molar-refractivity contribution >= 4 is 26.3 Å². The molecule has 0 aliphatic heterocycles. The molecule has 0 atom stereocenters. The molecule has 23 heavy (non-hydrogen) atoms. The van der Waals surface area contributed by atoms with E-state index >= 15 is 0 Å². The highest BCUT2D eigenvalue weighted by molar-refractivity contribution is 7.89. The van der Waals surface area contributed by atoms with Crippen LogP contribution in [0.15, 0.2) is 34.8 Å². The lowest BCUT2D eigenvalue weighted by molar-refractivity contribution is 0.580. The zero-order chi connectivity index (χ0) is 16.6. The molecule has 0 spiro atoms. The SMILES string of the molecule is Cc1cc(C)c(S(=O)(=O)NCCc2cn3ccsc3n2)c(C)c1. The minimum absolute atomic E-state index is 0.333. The molecule has 1 N–H and O–H groups in total. The molecule has 0 saturated heterocycles. The van der Waals surface area contributed by atoms with E-state index < -0.39 is 10.0 Å². The molecule has 1 aromatic carbocycles. The van der Waals surface area contributed by atoms with Gasteiger partial charge >= 0.3 is 0 Å². The van der Waals surface area contributed by atoms with Crippen molar-refractivity contribution in [2.45, 2.75) is 32.1 Å². The van der Waals surface area contributed by atoms with Gasteiger partial charge in [0.05, 0.1) is 10.6 Å². The van der Waals surface area contributed by atoms with Crippen molar-refractivity contribution in [3.05, 3.63) is 52.3 Å². The minimum Gasteiger partial charge on any atom is -0.297 e. The summed E-state index contributed by atoms with van der Waals surface area (Å²) in [6.45, 7) is 5.96. The zero-order valence-corrected chi connectivity index (χ0v) is 15.0. The molecule has 0 radical (unpaired) electrons. The van der Waals surface area contributed by atoms with Crippen molar-refractivity contribution < 1.29 is 8.42 Å². The van der Waals surface area contributed by atoms with Gasteiger partial charge in [-0.25, -0.2) is 18.1 Å². The maximum atomic E-state index is 12.6. The average molecular weight is 349 g/mol. The summed E-state index contributed by atoms with van der Waals surface area (Å²) in [5.74, 6) is 0. The summed E-state index contributed by atoms with van der Waals surface area (Å²) in [5, 5.41) is 1.97. The summed E-state index contributed by atoms with van der Waals surface area (Å²) in [4.78, 5) is 5.77. The number of sulfonamides is 1. The second-order valence-electron chi connectivity index (χ2n) is 5.70. The maximum absolute atomic E-state index is 12.6.